The standard InChI is InChI=1S/C51H95NO5/c1-4-7-10-13-16-19-22-25-28-31-34-37-40-43-49(54)48(46-53)52-50(55)45-47(42-39-36-33-30-27-24-21-18-15-12-9-6-3)57-51(56)44-41-38-35-32-29-26-23-20-17-14-11-8-5-2/h9,12,18,21,26,29,47-49,53-54H,4-8,10-11,13-17,19-20,22-25,27-28,30-46H2,1-3H3,(H,52,55)/b12-9+,21-18+,29-26-. The van der Waals surface area contributed by atoms with E-state index in [4.69, 9.17) is 4.74 Å². The predicted octanol–water partition coefficient (Wildman–Crippen LogP) is 14.5. The van der Waals surface area contributed by atoms with Crippen molar-refractivity contribution in [2.45, 2.75) is 270 Å². The molecule has 0 aliphatic rings. The predicted molar refractivity (Wildman–Crippen MR) is 246 cm³/mol. The molecule has 3 atom stereocenters. The van der Waals surface area contributed by atoms with Crippen molar-refractivity contribution >= 4 is 11.9 Å². The second kappa shape index (κ2) is 45.2. The monoisotopic (exact) mass is 802 g/mol. The van der Waals surface area contributed by atoms with E-state index in [9.17, 15) is 19.8 Å². The van der Waals surface area contributed by atoms with Gasteiger partial charge in [0, 0.05) is 6.42 Å². The molecule has 0 spiro atoms. The van der Waals surface area contributed by atoms with Crippen molar-refractivity contribution < 1.29 is 24.5 Å². The summed E-state index contributed by atoms with van der Waals surface area (Å²) in [6, 6.07) is -0.706. The Kier molecular flexibility index (Phi) is 43.6. The Morgan fingerprint density at radius 3 is 1.44 bits per heavy atom. The van der Waals surface area contributed by atoms with Crippen LogP contribution in [0.15, 0.2) is 36.5 Å². The normalized spacial score (nSPS) is 13.6. The third-order valence-electron chi connectivity index (χ3n) is 11.2. The van der Waals surface area contributed by atoms with Crippen LogP contribution in [0.4, 0.5) is 0 Å². The van der Waals surface area contributed by atoms with Gasteiger partial charge in [0.2, 0.25) is 5.91 Å². The lowest BCUT2D eigenvalue weighted by Gasteiger charge is -2.24. The van der Waals surface area contributed by atoms with Gasteiger partial charge in [0.25, 0.3) is 0 Å². The fourth-order valence-electron chi connectivity index (χ4n) is 7.46. The van der Waals surface area contributed by atoms with E-state index in [2.05, 4.69) is 62.5 Å². The third kappa shape index (κ3) is 40.6. The Balaban J connectivity index is 4.59. The van der Waals surface area contributed by atoms with Crippen LogP contribution in [-0.2, 0) is 14.3 Å². The number of hydrogen-bond acceptors (Lipinski definition) is 5. The van der Waals surface area contributed by atoms with E-state index in [0.29, 0.717) is 19.3 Å². The zero-order valence-electron chi connectivity index (χ0n) is 38.0. The van der Waals surface area contributed by atoms with Gasteiger partial charge in [-0.05, 0) is 77.0 Å². The number of hydrogen-bond donors (Lipinski definition) is 3. The number of ether oxygens (including phenoxy) is 1. The van der Waals surface area contributed by atoms with E-state index >= 15 is 0 Å². The molecule has 0 saturated carbocycles. The van der Waals surface area contributed by atoms with Crippen LogP contribution >= 0.6 is 0 Å². The van der Waals surface area contributed by atoms with Crippen LogP contribution < -0.4 is 5.32 Å². The molecule has 0 rings (SSSR count). The minimum absolute atomic E-state index is 0.0639. The van der Waals surface area contributed by atoms with Crippen molar-refractivity contribution in [1.82, 2.24) is 5.32 Å². The summed E-state index contributed by atoms with van der Waals surface area (Å²) in [6.07, 6.45) is 52.0. The van der Waals surface area contributed by atoms with Crippen molar-refractivity contribution in [3.8, 4) is 0 Å². The quantitative estimate of drug-likeness (QED) is 0.0324. The lowest BCUT2D eigenvalue weighted by Crippen LogP contribution is -2.46. The number of unbranched alkanes of at least 4 members (excludes halogenated alkanes) is 26. The number of carbonyl (C=O) groups excluding carboxylic acids is 2. The first-order valence-electron chi connectivity index (χ1n) is 24.7. The van der Waals surface area contributed by atoms with E-state index < -0.39 is 18.2 Å². The highest BCUT2D eigenvalue weighted by molar-refractivity contribution is 5.77. The summed E-state index contributed by atoms with van der Waals surface area (Å²) in [5, 5.41) is 23.7. The first-order valence-corrected chi connectivity index (χ1v) is 24.7. The largest absolute Gasteiger partial charge is 0.462 e. The number of amides is 1. The highest BCUT2D eigenvalue weighted by Crippen LogP contribution is 2.17. The minimum atomic E-state index is -0.791. The SMILES string of the molecule is CC/C=C/C/C=C/CCCCCCCC(CC(=O)NC(CO)C(O)CCCCCCCCCCCCCCC)OC(=O)CCCCC/C=C\CCCCCCCC. The van der Waals surface area contributed by atoms with E-state index in [1.54, 1.807) is 0 Å². The Labute approximate surface area is 353 Å². The van der Waals surface area contributed by atoms with Gasteiger partial charge in [0.05, 0.1) is 25.2 Å². The van der Waals surface area contributed by atoms with Gasteiger partial charge < -0.3 is 20.3 Å². The number of esters is 1. The van der Waals surface area contributed by atoms with Crippen molar-refractivity contribution in [3.05, 3.63) is 36.5 Å². The molecule has 0 aromatic carbocycles. The van der Waals surface area contributed by atoms with Gasteiger partial charge in [-0.3, -0.25) is 9.59 Å². The number of allylic oxidation sites excluding steroid dienone is 6. The van der Waals surface area contributed by atoms with Gasteiger partial charge in [-0.1, -0.05) is 198 Å². The van der Waals surface area contributed by atoms with Gasteiger partial charge in [-0.2, -0.15) is 0 Å². The van der Waals surface area contributed by atoms with Crippen LogP contribution in [0.2, 0.25) is 0 Å². The van der Waals surface area contributed by atoms with Gasteiger partial charge in [-0.25, -0.2) is 0 Å². The fourth-order valence-corrected chi connectivity index (χ4v) is 7.46. The number of rotatable bonds is 44. The zero-order chi connectivity index (χ0) is 41.7. The number of nitrogens with one attached hydrogen (secondary N) is 1. The fraction of sp³-hybridized carbons (Fsp3) is 0.843. The molecule has 0 aromatic heterocycles. The van der Waals surface area contributed by atoms with Gasteiger partial charge in [0.15, 0.2) is 0 Å². The van der Waals surface area contributed by atoms with Crippen molar-refractivity contribution in [2.75, 3.05) is 6.61 Å². The number of aliphatic hydroxyl groups excluding tert-OH is 2. The maximum Gasteiger partial charge on any atom is 0.306 e. The molecule has 3 unspecified atom stereocenters. The second-order valence-corrected chi connectivity index (χ2v) is 16.8. The summed E-state index contributed by atoms with van der Waals surface area (Å²) in [5.41, 5.74) is 0. The molecule has 0 fully saturated rings. The molecular formula is C51H95NO5. The van der Waals surface area contributed by atoms with Crippen LogP contribution in [0.25, 0.3) is 0 Å². The van der Waals surface area contributed by atoms with Crippen molar-refractivity contribution in [2.24, 2.45) is 0 Å². The molecule has 0 aliphatic heterocycles. The maximum atomic E-state index is 13.2. The second-order valence-electron chi connectivity index (χ2n) is 16.8. The van der Waals surface area contributed by atoms with Crippen LogP contribution in [0.3, 0.4) is 0 Å². The van der Waals surface area contributed by atoms with E-state index in [1.807, 2.05) is 0 Å². The van der Waals surface area contributed by atoms with Crippen molar-refractivity contribution in [3.63, 3.8) is 0 Å². The molecule has 0 saturated heterocycles. The number of aliphatic hydroxyl groups is 2. The molecule has 0 aromatic rings. The molecule has 0 heterocycles. The smallest absolute Gasteiger partial charge is 0.306 e. The maximum absolute atomic E-state index is 13.2. The Hall–Kier alpha value is -1.92. The average molecular weight is 802 g/mol. The van der Waals surface area contributed by atoms with Crippen molar-refractivity contribution in [1.29, 1.82) is 0 Å². The topological polar surface area (TPSA) is 95.9 Å². The molecule has 57 heavy (non-hydrogen) atoms. The van der Waals surface area contributed by atoms with Crippen LogP contribution in [-0.4, -0.2) is 46.9 Å². The minimum Gasteiger partial charge on any atom is -0.462 e. The zero-order valence-corrected chi connectivity index (χ0v) is 38.0. The molecule has 0 radical (unpaired) electrons. The molecular weight excluding hydrogens is 707 g/mol. The Morgan fingerprint density at radius 1 is 0.526 bits per heavy atom. The van der Waals surface area contributed by atoms with Gasteiger partial charge >= 0.3 is 5.97 Å². The molecule has 0 aliphatic carbocycles. The highest BCUT2D eigenvalue weighted by Gasteiger charge is 2.24. The molecule has 0 bridgehead atoms. The summed E-state index contributed by atoms with van der Waals surface area (Å²) in [6.45, 7) is 6.36. The van der Waals surface area contributed by atoms with Crippen LogP contribution in [0.5, 0.6) is 0 Å². The highest BCUT2D eigenvalue weighted by atomic mass is 16.5. The van der Waals surface area contributed by atoms with Gasteiger partial charge in [-0.15, -0.1) is 0 Å². The molecule has 3 N–H and O–H groups in total. The summed E-state index contributed by atoms with van der Waals surface area (Å²) in [7, 11) is 0. The summed E-state index contributed by atoms with van der Waals surface area (Å²) >= 11 is 0. The first kappa shape index (κ1) is 55.1. The van der Waals surface area contributed by atoms with Crippen LogP contribution in [0.1, 0.15) is 252 Å². The lowest BCUT2D eigenvalue weighted by molar-refractivity contribution is -0.151. The molecule has 6 nitrogen and oxygen atoms in total. The van der Waals surface area contributed by atoms with E-state index in [1.165, 1.54) is 122 Å². The average Bonchev–Trinajstić information content (AvgIpc) is 3.20. The molecule has 1 amide bonds. The number of carbonyl (C=O) groups is 2. The van der Waals surface area contributed by atoms with Crippen LogP contribution in [0, 0.1) is 0 Å². The summed E-state index contributed by atoms with van der Waals surface area (Å²) < 4.78 is 5.90. The van der Waals surface area contributed by atoms with Gasteiger partial charge in [0.1, 0.15) is 6.10 Å². The Morgan fingerprint density at radius 2 is 0.947 bits per heavy atom. The summed E-state index contributed by atoms with van der Waals surface area (Å²) in [4.78, 5) is 26.0. The Bertz CT molecular complexity index is 946. The summed E-state index contributed by atoms with van der Waals surface area (Å²) in [5.74, 6) is -0.502. The third-order valence-corrected chi connectivity index (χ3v) is 11.2. The van der Waals surface area contributed by atoms with E-state index in [-0.39, 0.29) is 24.9 Å². The molecule has 6 heteroatoms. The lowest BCUT2D eigenvalue weighted by atomic mass is 10.0. The molecule has 334 valence electrons. The van der Waals surface area contributed by atoms with E-state index in [0.717, 1.165) is 83.5 Å². The first-order chi connectivity index (χ1) is 28.0.